The van der Waals surface area contributed by atoms with E-state index in [1.54, 1.807) is 11.0 Å². The van der Waals surface area contributed by atoms with Crippen LogP contribution in [0, 0.1) is 5.41 Å². The predicted molar refractivity (Wildman–Crippen MR) is 61.9 cm³/mol. The molecule has 94 valence electrons. The molecule has 0 aromatic carbocycles. The van der Waals surface area contributed by atoms with Gasteiger partial charge in [0.05, 0.1) is 19.3 Å². The Labute approximate surface area is 105 Å². The minimum atomic E-state index is 0.228. The van der Waals surface area contributed by atoms with E-state index in [-0.39, 0.29) is 6.10 Å². The van der Waals surface area contributed by atoms with E-state index < -0.39 is 0 Å². The lowest BCUT2D eigenvalue weighted by Gasteiger charge is -2.31. The van der Waals surface area contributed by atoms with Gasteiger partial charge >= 0.3 is 0 Å². The number of hydrogen-bond donors (Lipinski definition) is 0. The zero-order valence-electron chi connectivity index (χ0n) is 9.64. The van der Waals surface area contributed by atoms with Crippen molar-refractivity contribution < 1.29 is 9.47 Å². The van der Waals surface area contributed by atoms with E-state index in [2.05, 4.69) is 10.1 Å². The maximum atomic E-state index is 5.87. The van der Waals surface area contributed by atoms with Gasteiger partial charge < -0.3 is 9.47 Å². The van der Waals surface area contributed by atoms with E-state index >= 15 is 0 Å². The summed E-state index contributed by atoms with van der Waals surface area (Å²) >= 11 is 5.69. The van der Waals surface area contributed by atoms with Crippen molar-refractivity contribution in [2.24, 2.45) is 5.41 Å². The number of ether oxygens (including phenoxy) is 2. The molecule has 1 unspecified atom stereocenters. The lowest BCUT2D eigenvalue weighted by molar-refractivity contribution is 0.00635. The summed E-state index contributed by atoms with van der Waals surface area (Å²) in [5.74, 6) is 0. The standard InChI is InChI=1S/C11H16ClN3O2/c12-10-13-8-15(14-10)6-9-5-11(7-17-9)1-3-16-4-2-11/h8-9H,1-7H2. The Balaban J connectivity index is 1.60. The van der Waals surface area contributed by atoms with Crippen LogP contribution in [-0.2, 0) is 16.0 Å². The van der Waals surface area contributed by atoms with Crippen molar-refractivity contribution in [2.75, 3.05) is 19.8 Å². The fourth-order valence-electron chi connectivity index (χ4n) is 2.73. The maximum absolute atomic E-state index is 5.87. The van der Waals surface area contributed by atoms with Crippen molar-refractivity contribution in [1.29, 1.82) is 0 Å². The van der Waals surface area contributed by atoms with Gasteiger partial charge in [0, 0.05) is 18.6 Å². The summed E-state index contributed by atoms with van der Waals surface area (Å²) in [6.45, 7) is 3.32. The van der Waals surface area contributed by atoms with Crippen molar-refractivity contribution in [2.45, 2.75) is 31.9 Å². The summed E-state index contributed by atoms with van der Waals surface area (Å²) in [6, 6.07) is 0. The highest BCUT2D eigenvalue weighted by molar-refractivity contribution is 6.28. The molecule has 1 aromatic rings. The molecule has 6 heteroatoms. The zero-order chi connectivity index (χ0) is 11.7. The van der Waals surface area contributed by atoms with Crippen LogP contribution in [-0.4, -0.2) is 40.7 Å². The lowest BCUT2D eigenvalue weighted by atomic mass is 9.78. The first-order chi connectivity index (χ1) is 8.26. The van der Waals surface area contributed by atoms with Crippen LogP contribution in [0.1, 0.15) is 19.3 Å². The third kappa shape index (κ3) is 2.46. The second-order valence-electron chi connectivity index (χ2n) is 4.99. The summed E-state index contributed by atoms with van der Waals surface area (Å²) in [7, 11) is 0. The average Bonchev–Trinajstić information content (AvgIpc) is 2.89. The number of aromatic nitrogens is 3. The molecule has 0 aliphatic carbocycles. The Hall–Kier alpha value is -0.650. The van der Waals surface area contributed by atoms with Crippen molar-refractivity contribution in [3.05, 3.63) is 11.6 Å². The second kappa shape index (κ2) is 4.55. The van der Waals surface area contributed by atoms with E-state index in [0.29, 0.717) is 10.7 Å². The first kappa shape index (κ1) is 11.4. The highest BCUT2D eigenvalue weighted by Crippen LogP contribution is 2.41. The van der Waals surface area contributed by atoms with Crippen LogP contribution in [0.3, 0.4) is 0 Å². The van der Waals surface area contributed by atoms with Crippen molar-refractivity contribution in [3.8, 4) is 0 Å². The Kier molecular flexibility index (Phi) is 3.06. The number of hydrogen-bond acceptors (Lipinski definition) is 4. The summed E-state index contributed by atoms with van der Waals surface area (Å²) in [5.41, 5.74) is 0.341. The molecule has 1 atom stereocenters. The van der Waals surface area contributed by atoms with Gasteiger partial charge in [0.25, 0.3) is 0 Å². The molecule has 2 saturated heterocycles. The predicted octanol–water partition coefficient (Wildman–Crippen LogP) is 1.52. The smallest absolute Gasteiger partial charge is 0.242 e. The molecule has 2 aliphatic rings. The van der Waals surface area contributed by atoms with E-state index in [1.165, 1.54) is 0 Å². The monoisotopic (exact) mass is 257 g/mol. The van der Waals surface area contributed by atoms with E-state index in [4.69, 9.17) is 21.1 Å². The van der Waals surface area contributed by atoms with Crippen LogP contribution < -0.4 is 0 Å². The van der Waals surface area contributed by atoms with Crippen LogP contribution in [0.4, 0.5) is 0 Å². The molecule has 1 spiro atoms. The van der Waals surface area contributed by atoms with Crippen LogP contribution in [0.25, 0.3) is 0 Å². The SMILES string of the molecule is Clc1ncn(CC2CC3(CCOCC3)CO2)n1. The largest absolute Gasteiger partial charge is 0.381 e. The quantitative estimate of drug-likeness (QED) is 0.806. The molecule has 0 bridgehead atoms. The molecule has 0 N–H and O–H groups in total. The molecule has 2 fully saturated rings. The molecular formula is C11H16ClN3O2. The van der Waals surface area contributed by atoms with Crippen molar-refractivity contribution in [1.82, 2.24) is 14.8 Å². The van der Waals surface area contributed by atoms with Gasteiger partial charge in [-0.25, -0.2) is 9.67 Å². The summed E-state index contributed by atoms with van der Waals surface area (Å²) in [5, 5.41) is 4.37. The van der Waals surface area contributed by atoms with Gasteiger partial charge in [-0.1, -0.05) is 0 Å². The van der Waals surface area contributed by atoms with Crippen LogP contribution >= 0.6 is 11.6 Å². The molecule has 1 aromatic heterocycles. The van der Waals surface area contributed by atoms with Gasteiger partial charge in [-0.05, 0) is 30.9 Å². The van der Waals surface area contributed by atoms with Crippen LogP contribution in [0.2, 0.25) is 5.28 Å². The van der Waals surface area contributed by atoms with Gasteiger partial charge in [0.2, 0.25) is 5.28 Å². The second-order valence-corrected chi connectivity index (χ2v) is 5.32. The molecule has 0 saturated carbocycles. The first-order valence-corrected chi connectivity index (χ1v) is 6.38. The Morgan fingerprint density at radius 2 is 2.29 bits per heavy atom. The minimum absolute atomic E-state index is 0.228. The first-order valence-electron chi connectivity index (χ1n) is 6.00. The fraction of sp³-hybridized carbons (Fsp3) is 0.818. The molecule has 17 heavy (non-hydrogen) atoms. The Morgan fingerprint density at radius 1 is 1.47 bits per heavy atom. The summed E-state index contributed by atoms with van der Waals surface area (Å²) in [6.07, 6.45) is 5.20. The minimum Gasteiger partial charge on any atom is -0.381 e. The van der Waals surface area contributed by atoms with Crippen LogP contribution in [0.5, 0.6) is 0 Å². The Morgan fingerprint density at radius 3 is 3.00 bits per heavy atom. The molecule has 0 radical (unpaired) electrons. The number of nitrogens with zero attached hydrogens (tertiary/aromatic N) is 3. The van der Waals surface area contributed by atoms with E-state index in [1.807, 2.05) is 0 Å². The van der Waals surface area contributed by atoms with Crippen LogP contribution in [0.15, 0.2) is 6.33 Å². The summed E-state index contributed by atoms with van der Waals surface area (Å²) < 4.78 is 13.0. The van der Waals surface area contributed by atoms with E-state index in [0.717, 1.165) is 45.6 Å². The van der Waals surface area contributed by atoms with Gasteiger partial charge in [-0.15, -0.1) is 5.10 Å². The van der Waals surface area contributed by atoms with Gasteiger partial charge in [-0.2, -0.15) is 0 Å². The summed E-state index contributed by atoms with van der Waals surface area (Å²) in [4.78, 5) is 3.90. The van der Waals surface area contributed by atoms with Gasteiger partial charge in [-0.3, -0.25) is 0 Å². The number of halogens is 1. The molecule has 2 aliphatic heterocycles. The van der Waals surface area contributed by atoms with E-state index in [9.17, 15) is 0 Å². The average molecular weight is 258 g/mol. The molecule has 3 rings (SSSR count). The maximum Gasteiger partial charge on any atom is 0.242 e. The Bertz CT molecular complexity index is 390. The molecule has 0 amide bonds. The van der Waals surface area contributed by atoms with Crippen molar-refractivity contribution >= 4 is 11.6 Å². The number of rotatable bonds is 2. The molecular weight excluding hydrogens is 242 g/mol. The van der Waals surface area contributed by atoms with Crippen molar-refractivity contribution in [3.63, 3.8) is 0 Å². The lowest BCUT2D eigenvalue weighted by Crippen LogP contribution is -2.30. The normalized spacial score (nSPS) is 27.7. The fourth-order valence-corrected chi connectivity index (χ4v) is 2.87. The molecule has 3 heterocycles. The third-order valence-electron chi connectivity index (χ3n) is 3.74. The van der Waals surface area contributed by atoms with Gasteiger partial charge in [0.15, 0.2) is 0 Å². The zero-order valence-corrected chi connectivity index (χ0v) is 10.4. The molecule has 5 nitrogen and oxygen atoms in total. The third-order valence-corrected chi connectivity index (χ3v) is 3.91. The highest BCUT2D eigenvalue weighted by atomic mass is 35.5. The highest BCUT2D eigenvalue weighted by Gasteiger charge is 2.41. The van der Waals surface area contributed by atoms with Gasteiger partial charge in [0.1, 0.15) is 6.33 Å². The topological polar surface area (TPSA) is 49.2 Å².